The van der Waals surface area contributed by atoms with Gasteiger partial charge in [0.05, 0.1) is 18.7 Å². The highest BCUT2D eigenvalue weighted by molar-refractivity contribution is 5.69. The number of rotatable bonds is 7. The molecular formula is C13H17N3O4. The molecule has 7 heteroatoms. The van der Waals surface area contributed by atoms with Gasteiger partial charge in [-0.25, -0.2) is 0 Å². The largest absolute Gasteiger partial charge is 0.481 e. The maximum atomic E-state index is 10.9. The van der Waals surface area contributed by atoms with Crippen LogP contribution in [0.25, 0.3) is 11.7 Å². The second-order valence-corrected chi connectivity index (χ2v) is 4.55. The maximum Gasteiger partial charge on any atom is 0.307 e. The van der Waals surface area contributed by atoms with E-state index in [-0.39, 0.29) is 0 Å². The first-order valence-electron chi connectivity index (χ1n) is 6.41. The van der Waals surface area contributed by atoms with Crippen molar-refractivity contribution >= 4 is 5.97 Å². The average Bonchev–Trinajstić information content (AvgIpc) is 3.08. The van der Waals surface area contributed by atoms with Gasteiger partial charge in [0.25, 0.3) is 5.89 Å². The summed E-state index contributed by atoms with van der Waals surface area (Å²) in [6.07, 6.45) is 1.53. The van der Waals surface area contributed by atoms with E-state index in [9.17, 15) is 4.79 Å². The van der Waals surface area contributed by atoms with Crippen LogP contribution < -0.4 is 0 Å². The summed E-state index contributed by atoms with van der Waals surface area (Å²) in [6, 6.07) is 3.48. The van der Waals surface area contributed by atoms with Crippen LogP contribution in [0.3, 0.4) is 0 Å². The van der Waals surface area contributed by atoms with Gasteiger partial charge in [0.1, 0.15) is 0 Å². The first-order valence-corrected chi connectivity index (χ1v) is 6.41. The van der Waals surface area contributed by atoms with E-state index in [4.69, 9.17) is 13.9 Å². The van der Waals surface area contributed by atoms with Gasteiger partial charge >= 0.3 is 5.97 Å². The number of carbonyl (C=O) groups is 1. The average molecular weight is 279 g/mol. The summed E-state index contributed by atoms with van der Waals surface area (Å²) >= 11 is 0. The number of hydrogen-bond acceptors (Lipinski definition) is 6. The van der Waals surface area contributed by atoms with Crippen molar-refractivity contribution in [1.82, 2.24) is 15.1 Å². The fourth-order valence-electron chi connectivity index (χ4n) is 1.78. The van der Waals surface area contributed by atoms with Crippen LogP contribution in [-0.2, 0) is 11.3 Å². The smallest absolute Gasteiger partial charge is 0.307 e. The summed E-state index contributed by atoms with van der Waals surface area (Å²) in [5, 5.41) is 16.8. The van der Waals surface area contributed by atoms with Crippen LogP contribution in [-0.4, -0.2) is 39.3 Å². The van der Waals surface area contributed by atoms with Crippen molar-refractivity contribution in [3.63, 3.8) is 0 Å². The van der Waals surface area contributed by atoms with Crippen molar-refractivity contribution in [2.75, 3.05) is 13.1 Å². The van der Waals surface area contributed by atoms with Gasteiger partial charge < -0.3 is 13.9 Å². The Morgan fingerprint density at radius 3 is 2.90 bits per heavy atom. The summed E-state index contributed by atoms with van der Waals surface area (Å²) in [5.41, 5.74) is 0. The van der Waals surface area contributed by atoms with Crippen molar-refractivity contribution in [1.29, 1.82) is 0 Å². The van der Waals surface area contributed by atoms with Gasteiger partial charge in [-0.1, -0.05) is 13.8 Å². The highest BCUT2D eigenvalue weighted by atomic mass is 16.4. The normalized spacial score (nSPS) is 12.8. The first kappa shape index (κ1) is 14.3. The Hall–Kier alpha value is -2.15. The molecule has 0 aromatic carbocycles. The minimum Gasteiger partial charge on any atom is -0.481 e. The SMILES string of the molecule is CCN(Cc1nnc(-c2ccco2)o1)CC(C)C(=O)O. The van der Waals surface area contributed by atoms with Gasteiger partial charge in [-0.3, -0.25) is 9.69 Å². The Bertz CT molecular complexity index is 550. The molecule has 0 fully saturated rings. The quantitative estimate of drug-likeness (QED) is 0.826. The van der Waals surface area contributed by atoms with E-state index in [0.717, 1.165) is 0 Å². The van der Waals surface area contributed by atoms with Crippen LogP contribution in [0, 0.1) is 5.92 Å². The second kappa shape index (κ2) is 6.33. The molecule has 0 amide bonds. The molecule has 20 heavy (non-hydrogen) atoms. The Labute approximate surface area is 116 Å². The maximum absolute atomic E-state index is 10.9. The summed E-state index contributed by atoms with van der Waals surface area (Å²) in [4.78, 5) is 12.8. The minimum absolute atomic E-state index is 0.326. The van der Waals surface area contributed by atoms with Crippen molar-refractivity contribution in [2.24, 2.45) is 5.92 Å². The topological polar surface area (TPSA) is 92.6 Å². The molecule has 7 nitrogen and oxygen atoms in total. The van der Waals surface area contributed by atoms with E-state index in [0.29, 0.717) is 37.2 Å². The van der Waals surface area contributed by atoms with Crippen molar-refractivity contribution in [2.45, 2.75) is 20.4 Å². The zero-order valence-electron chi connectivity index (χ0n) is 11.4. The molecular weight excluding hydrogens is 262 g/mol. The van der Waals surface area contributed by atoms with Crippen LogP contribution in [0.15, 0.2) is 27.2 Å². The number of nitrogens with zero attached hydrogens (tertiary/aromatic N) is 3. The van der Waals surface area contributed by atoms with E-state index in [1.165, 1.54) is 6.26 Å². The van der Waals surface area contributed by atoms with Crippen LogP contribution in [0.4, 0.5) is 0 Å². The molecule has 1 unspecified atom stereocenters. The summed E-state index contributed by atoms with van der Waals surface area (Å²) in [5.74, 6) is 0.0292. The van der Waals surface area contributed by atoms with Crippen molar-refractivity contribution in [3.8, 4) is 11.7 Å². The van der Waals surface area contributed by atoms with Crippen LogP contribution in [0.1, 0.15) is 19.7 Å². The Morgan fingerprint density at radius 2 is 2.30 bits per heavy atom. The fraction of sp³-hybridized carbons (Fsp3) is 0.462. The molecule has 2 aromatic heterocycles. The third-order valence-electron chi connectivity index (χ3n) is 2.96. The van der Waals surface area contributed by atoms with Crippen molar-refractivity contribution < 1.29 is 18.7 Å². The lowest BCUT2D eigenvalue weighted by Gasteiger charge is -2.20. The van der Waals surface area contributed by atoms with Gasteiger partial charge in [-0.15, -0.1) is 10.2 Å². The zero-order valence-corrected chi connectivity index (χ0v) is 11.4. The highest BCUT2D eigenvalue weighted by Gasteiger charge is 2.18. The molecule has 2 rings (SSSR count). The van der Waals surface area contributed by atoms with Crippen LogP contribution >= 0.6 is 0 Å². The standard InChI is InChI=1S/C13H17N3O4/c1-3-16(7-9(2)13(17)18)8-11-14-15-12(20-11)10-5-4-6-19-10/h4-6,9H,3,7-8H2,1-2H3,(H,17,18). The lowest BCUT2D eigenvalue weighted by molar-refractivity contribution is -0.141. The molecule has 0 radical (unpaired) electrons. The molecule has 0 aliphatic heterocycles. The third-order valence-corrected chi connectivity index (χ3v) is 2.96. The predicted octanol–water partition coefficient (Wildman–Crippen LogP) is 1.87. The Kier molecular flexibility index (Phi) is 4.52. The first-order chi connectivity index (χ1) is 9.60. The van der Waals surface area contributed by atoms with Gasteiger partial charge in [-0.2, -0.15) is 0 Å². The number of aromatic nitrogens is 2. The summed E-state index contributed by atoms with van der Waals surface area (Å²) in [7, 11) is 0. The predicted molar refractivity (Wildman–Crippen MR) is 69.8 cm³/mol. The third kappa shape index (κ3) is 3.45. The Morgan fingerprint density at radius 1 is 1.50 bits per heavy atom. The summed E-state index contributed by atoms with van der Waals surface area (Å²) in [6.45, 7) is 5.19. The van der Waals surface area contributed by atoms with Gasteiger partial charge in [0.2, 0.25) is 5.89 Å². The fourth-order valence-corrected chi connectivity index (χ4v) is 1.78. The number of aliphatic carboxylic acids is 1. The number of hydrogen-bond donors (Lipinski definition) is 1. The molecule has 108 valence electrons. The van der Waals surface area contributed by atoms with E-state index in [1.54, 1.807) is 19.1 Å². The van der Waals surface area contributed by atoms with Gasteiger partial charge in [-0.05, 0) is 18.7 Å². The molecule has 0 saturated heterocycles. The number of carboxylic acid groups (broad SMARTS) is 1. The lowest BCUT2D eigenvalue weighted by atomic mass is 10.2. The molecule has 0 saturated carbocycles. The molecule has 0 aliphatic rings. The monoisotopic (exact) mass is 279 g/mol. The molecule has 1 atom stereocenters. The second-order valence-electron chi connectivity index (χ2n) is 4.55. The molecule has 0 spiro atoms. The highest BCUT2D eigenvalue weighted by Crippen LogP contribution is 2.18. The van der Waals surface area contributed by atoms with Crippen LogP contribution in [0.2, 0.25) is 0 Å². The summed E-state index contributed by atoms with van der Waals surface area (Å²) < 4.78 is 10.7. The zero-order chi connectivity index (χ0) is 14.5. The molecule has 0 bridgehead atoms. The minimum atomic E-state index is -0.815. The van der Waals surface area contributed by atoms with E-state index >= 15 is 0 Å². The molecule has 1 N–H and O–H groups in total. The lowest BCUT2D eigenvalue weighted by Crippen LogP contribution is -2.31. The molecule has 2 aromatic rings. The molecule has 2 heterocycles. The van der Waals surface area contributed by atoms with Crippen molar-refractivity contribution in [3.05, 3.63) is 24.3 Å². The van der Waals surface area contributed by atoms with E-state index in [2.05, 4.69) is 10.2 Å². The van der Waals surface area contributed by atoms with Crippen LogP contribution in [0.5, 0.6) is 0 Å². The van der Waals surface area contributed by atoms with E-state index < -0.39 is 11.9 Å². The van der Waals surface area contributed by atoms with Gasteiger partial charge in [0.15, 0.2) is 5.76 Å². The Balaban J connectivity index is 1.99. The molecule has 0 aliphatic carbocycles. The van der Waals surface area contributed by atoms with Gasteiger partial charge in [0, 0.05) is 6.54 Å². The van der Waals surface area contributed by atoms with E-state index in [1.807, 2.05) is 11.8 Å². The number of carboxylic acids is 1. The number of furan rings is 1.